The van der Waals surface area contributed by atoms with Gasteiger partial charge in [-0.05, 0) is 30.3 Å². The van der Waals surface area contributed by atoms with Crippen LogP contribution in [-0.4, -0.2) is 54.5 Å². The van der Waals surface area contributed by atoms with Crippen LogP contribution in [0, 0.1) is 10.1 Å². The molecule has 0 radical (unpaired) electrons. The van der Waals surface area contributed by atoms with Gasteiger partial charge in [0.1, 0.15) is 17.2 Å². The van der Waals surface area contributed by atoms with Crippen molar-refractivity contribution in [2.45, 2.75) is 6.54 Å². The second-order valence-electron chi connectivity index (χ2n) is 6.13. The van der Waals surface area contributed by atoms with Crippen molar-refractivity contribution in [3.05, 3.63) is 69.2 Å². The minimum atomic E-state index is -0.694. The molecule has 1 aromatic carbocycles. The van der Waals surface area contributed by atoms with Crippen molar-refractivity contribution in [2.24, 2.45) is 5.10 Å². The zero-order chi connectivity index (χ0) is 21.3. The van der Waals surface area contributed by atoms with Crippen LogP contribution >= 0.6 is 11.6 Å². The standard InChI is InChI=1S/C17H12ClN7O5/c18-11-1-3-13(4-2-11)23-9-12(20-21-23)8-22-15(26)10-24(17(22)27)19-7-14-5-6-16(30-14)25(28)29/h1-7,9H,8,10H2/b19-7+. The van der Waals surface area contributed by atoms with E-state index in [1.165, 1.54) is 10.7 Å². The molecular formula is C17H12ClN7O5. The molecule has 13 heteroatoms. The SMILES string of the molecule is O=C1CN(/N=C/c2ccc([N+](=O)[O-])o2)C(=O)N1Cc1cn(-c2ccc(Cl)cc2)nn1. The van der Waals surface area contributed by atoms with E-state index < -0.39 is 22.7 Å². The number of hydrogen-bond acceptors (Lipinski definition) is 8. The number of imide groups is 1. The summed E-state index contributed by atoms with van der Waals surface area (Å²) in [6.45, 7) is -0.354. The molecule has 3 aromatic rings. The zero-order valence-electron chi connectivity index (χ0n) is 15.1. The molecule has 2 aromatic heterocycles. The predicted octanol–water partition coefficient (Wildman–Crippen LogP) is 2.22. The van der Waals surface area contributed by atoms with Crippen molar-refractivity contribution >= 4 is 35.6 Å². The number of carbonyl (C=O) groups excluding carboxylic acids is 2. The van der Waals surface area contributed by atoms with Gasteiger partial charge in [-0.1, -0.05) is 16.8 Å². The Labute approximate surface area is 173 Å². The van der Waals surface area contributed by atoms with E-state index in [0.29, 0.717) is 10.7 Å². The molecule has 0 saturated carbocycles. The first-order chi connectivity index (χ1) is 14.4. The third kappa shape index (κ3) is 3.89. The summed E-state index contributed by atoms with van der Waals surface area (Å²) in [4.78, 5) is 35.6. The summed E-state index contributed by atoms with van der Waals surface area (Å²) in [5.41, 5.74) is 1.12. The fourth-order valence-corrected chi connectivity index (χ4v) is 2.79. The normalized spacial score (nSPS) is 14.3. The molecule has 0 aliphatic carbocycles. The summed E-state index contributed by atoms with van der Waals surface area (Å²) >= 11 is 5.86. The van der Waals surface area contributed by atoms with E-state index in [4.69, 9.17) is 16.0 Å². The molecule has 3 heterocycles. The largest absolute Gasteiger partial charge is 0.433 e. The molecule has 1 saturated heterocycles. The molecule has 0 atom stereocenters. The Kier molecular flexibility index (Phi) is 4.98. The van der Waals surface area contributed by atoms with Crippen LogP contribution in [0.25, 0.3) is 5.69 Å². The number of furan rings is 1. The lowest BCUT2D eigenvalue weighted by molar-refractivity contribution is -0.402. The third-order valence-corrected chi connectivity index (χ3v) is 4.36. The van der Waals surface area contributed by atoms with Crippen molar-refractivity contribution in [3.63, 3.8) is 0 Å². The molecule has 0 spiro atoms. The van der Waals surface area contributed by atoms with Crippen LogP contribution in [0.1, 0.15) is 11.5 Å². The Morgan fingerprint density at radius 3 is 2.70 bits per heavy atom. The Bertz CT molecular complexity index is 1150. The molecule has 3 amide bonds. The van der Waals surface area contributed by atoms with Gasteiger partial charge in [-0.25, -0.2) is 14.5 Å². The fourth-order valence-electron chi connectivity index (χ4n) is 2.66. The number of nitro groups is 1. The Balaban J connectivity index is 1.43. The zero-order valence-corrected chi connectivity index (χ0v) is 15.8. The van der Waals surface area contributed by atoms with E-state index in [2.05, 4.69) is 15.4 Å². The lowest BCUT2D eigenvalue weighted by Crippen LogP contribution is -2.31. The maximum atomic E-state index is 12.5. The predicted molar refractivity (Wildman–Crippen MR) is 102 cm³/mol. The van der Waals surface area contributed by atoms with Crippen LogP contribution in [0.5, 0.6) is 0 Å². The average Bonchev–Trinajstić information content (AvgIpc) is 3.43. The van der Waals surface area contributed by atoms with Gasteiger partial charge >= 0.3 is 11.9 Å². The Morgan fingerprint density at radius 2 is 2.00 bits per heavy atom. The van der Waals surface area contributed by atoms with Crippen LogP contribution in [0.4, 0.5) is 10.7 Å². The van der Waals surface area contributed by atoms with Crippen molar-refractivity contribution < 1.29 is 18.9 Å². The third-order valence-electron chi connectivity index (χ3n) is 4.11. The number of halogens is 1. The number of amides is 3. The summed E-state index contributed by atoms with van der Waals surface area (Å²) in [5, 5.41) is 24.0. The van der Waals surface area contributed by atoms with Crippen LogP contribution in [0.15, 0.2) is 52.1 Å². The van der Waals surface area contributed by atoms with Crippen molar-refractivity contribution in [2.75, 3.05) is 6.54 Å². The van der Waals surface area contributed by atoms with Gasteiger partial charge in [-0.2, -0.15) is 5.10 Å². The minimum Gasteiger partial charge on any atom is -0.400 e. The first kappa shape index (κ1) is 19.3. The van der Waals surface area contributed by atoms with Gasteiger partial charge in [0.15, 0.2) is 5.76 Å². The molecule has 12 nitrogen and oxygen atoms in total. The topological polar surface area (TPSA) is 140 Å². The van der Waals surface area contributed by atoms with Gasteiger partial charge < -0.3 is 4.42 Å². The van der Waals surface area contributed by atoms with E-state index in [-0.39, 0.29) is 18.8 Å². The van der Waals surface area contributed by atoms with Gasteiger partial charge in [0.25, 0.3) is 5.91 Å². The highest BCUT2D eigenvalue weighted by Gasteiger charge is 2.36. The molecular weight excluding hydrogens is 418 g/mol. The molecule has 4 rings (SSSR count). The number of benzene rings is 1. The van der Waals surface area contributed by atoms with E-state index >= 15 is 0 Å². The number of hydrogen-bond donors (Lipinski definition) is 0. The smallest absolute Gasteiger partial charge is 0.400 e. The van der Waals surface area contributed by atoms with E-state index in [9.17, 15) is 19.7 Å². The fraction of sp³-hybridized carbons (Fsp3) is 0.118. The molecule has 1 aliphatic heterocycles. The van der Waals surface area contributed by atoms with Crippen LogP contribution in [0.3, 0.4) is 0 Å². The van der Waals surface area contributed by atoms with E-state index in [0.717, 1.165) is 27.9 Å². The van der Waals surface area contributed by atoms with Crippen molar-refractivity contribution in [3.8, 4) is 5.69 Å². The minimum absolute atomic E-state index is 0.0753. The Hall–Kier alpha value is -4.06. The summed E-state index contributed by atoms with van der Waals surface area (Å²) in [7, 11) is 0. The number of nitrogens with zero attached hydrogens (tertiary/aromatic N) is 7. The molecule has 1 fully saturated rings. The van der Waals surface area contributed by atoms with Crippen LogP contribution in [-0.2, 0) is 11.3 Å². The van der Waals surface area contributed by atoms with Gasteiger partial charge in [-0.3, -0.25) is 19.8 Å². The molecule has 1 aliphatic rings. The molecule has 152 valence electrons. The maximum Gasteiger partial charge on any atom is 0.433 e. The van der Waals surface area contributed by atoms with Crippen molar-refractivity contribution in [1.82, 2.24) is 24.9 Å². The second-order valence-corrected chi connectivity index (χ2v) is 6.57. The van der Waals surface area contributed by atoms with Crippen LogP contribution < -0.4 is 0 Å². The highest BCUT2D eigenvalue weighted by molar-refractivity contribution is 6.30. The summed E-state index contributed by atoms with van der Waals surface area (Å²) in [6, 6.07) is 8.75. The molecule has 0 unspecified atom stereocenters. The number of rotatable bonds is 6. The highest BCUT2D eigenvalue weighted by atomic mass is 35.5. The molecule has 30 heavy (non-hydrogen) atoms. The van der Waals surface area contributed by atoms with Gasteiger partial charge in [-0.15, -0.1) is 5.10 Å². The van der Waals surface area contributed by atoms with E-state index in [1.807, 2.05) is 0 Å². The Morgan fingerprint density at radius 1 is 1.23 bits per heavy atom. The van der Waals surface area contributed by atoms with Crippen LogP contribution in [0.2, 0.25) is 5.02 Å². The molecule has 0 N–H and O–H groups in total. The first-order valence-electron chi connectivity index (χ1n) is 8.48. The number of hydrazone groups is 1. The highest BCUT2D eigenvalue weighted by Crippen LogP contribution is 2.17. The summed E-state index contributed by atoms with van der Waals surface area (Å²) in [5.74, 6) is -0.847. The van der Waals surface area contributed by atoms with Gasteiger partial charge in [0, 0.05) is 5.02 Å². The number of aromatic nitrogens is 3. The number of carbonyl (C=O) groups is 2. The van der Waals surface area contributed by atoms with E-state index in [1.54, 1.807) is 30.5 Å². The monoisotopic (exact) mass is 429 g/mol. The molecule has 0 bridgehead atoms. The summed E-state index contributed by atoms with van der Waals surface area (Å²) < 4.78 is 6.42. The summed E-state index contributed by atoms with van der Waals surface area (Å²) in [6.07, 6.45) is 2.72. The first-order valence-corrected chi connectivity index (χ1v) is 8.86. The van der Waals surface area contributed by atoms with Gasteiger partial charge in [0.2, 0.25) is 0 Å². The maximum absolute atomic E-state index is 12.5. The average molecular weight is 430 g/mol. The quantitative estimate of drug-likeness (QED) is 0.253. The van der Waals surface area contributed by atoms with Crippen molar-refractivity contribution in [1.29, 1.82) is 0 Å². The second kappa shape index (κ2) is 7.75. The lowest BCUT2D eigenvalue weighted by Gasteiger charge is -2.11. The number of urea groups is 1. The van der Waals surface area contributed by atoms with Gasteiger partial charge in [0.05, 0.1) is 30.7 Å². The lowest BCUT2D eigenvalue weighted by atomic mass is 10.3.